The lowest BCUT2D eigenvalue weighted by molar-refractivity contribution is 0.613. The number of guanidine groups is 1. The van der Waals surface area contributed by atoms with Gasteiger partial charge in [0.1, 0.15) is 5.82 Å². The summed E-state index contributed by atoms with van der Waals surface area (Å²) >= 11 is 0. The average molecular weight is 431 g/mol. The minimum absolute atomic E-state index is 0. The Morgan fingerprint density at radius 1 is 1.26 bits per heavy atom. The highest BCUT2D eigenvalue weighted by atomic mass is 127. The van der Waals surface area contributed by atoms with Crippen LogP contribution in [0, 0.1) is 0 Å². The van der Waals surface area contributed by atoms with Crippen molar-refractivity contribution in [2.75, 3.05) is 25.0 Å². The second-order valence-electron chi connectivity index (χ2n) is 5.75. The van der Waals surface area contributed by atoms with Crippen LogP contribution in [0.1, 0.15) is 45.1 Å². The summed E-state index contributed by atoms with van der Waals surface area (Å²) in [6.07, 6.45) is 7.10. The topological polar surface area (TPSA) is 52.5 Å². The number of pyridine rings is 1. The molecule has 2 N–H and O–H groups in total. The maximum Gasteiger partial charge on any atom is 0.191 e. The molecule has 0 aromatic carbocycles. The molecule has 1 fully saturated rings. The molecule has 130 valence electrons. The van der Waals surface area contributed by atoms with Gasteiger partial charge < -0.3 is 15.5 Å². The Bertz CT molecular complexity index is 464. The van der Waals surface area contributed by atoms with Gasteiger partial charge in [0, 0.05) is 38.9 Å². The summed E-state index contributed by atoms with van der Waals surface area (Å²) in [5.74, 6) is 1.93. The van der Waals surface area contributed by atoms with Gasteiger partial charge in [0.2, 0.25) is 0 Å². The maximum absolute atomic E-state index is 4.55. The van der Waals surface area contributed by atoms with Crippen molar-refractivity contribution in [3.63, 3.8) is 0 Å². The van der Waals surface area contributed by atoms with E-state index in [1.54, 1.807) is 0 Å². The van der Waals surface area contributed by atoms with E-state index in [0.717, 1.165) is 31.4 Å². The van der Waals surface area contributed by atoms with Crippen LogP contribution in [0.25, 0.3) is 0 Å². The lowest BCUT2D eigenvalue weighted by Gasteiger charge is -2.20. The first-order valence-corrected chi connectivity index (χ1v) is 8.43. The third-order valence-electron chi connectivity index (χ3n) is 4.28. The molecule has 0 unspecified atom stereocenters. The number of hydrogen-bond acceptors (Lipinski definition) is 3. The Morgan fingerprint density at radius 2 is 1.96 bits per heavy atom. The third kappa shape index (κ3) is 6.16. The van der Waals surface area contributed by atoms with Gasteiger partial charge >= 0.3 is 0 Å². The van der Waals surface area contributed by atoms with E-state index in [4.69, 9.17) is 0 Å². The molecule has 0 radical (unpaired) electrons. The van der Waals surface area contributed by atoms with E-state index in [9.17, 15) is 0 Å². The molecule has 0 bridgehead atoms. The lowest BCUT2D eigenvalue weighted by Crippen LogP contribution is -2.41. The van der Waals surface area contributed by atoms with E-state index in [1.165, 1.54) is 31.2 Å². The van der Waals surface area contributed by atoms with Crippen molar-refractivity contribution in [3.05, 3.63) is 23.9 Å². The van der Waals surface area contributed by atoms with Crippen molar-refractivity contribution in [1.29, 1.82) is 0 Å². The number of nitrogens with one attached hydrogen (secondary N) is 2. The van der Waals surface area contributed by atoms with Gasteiger partial charge in [0.25, 0.3) is 0 Å². The van der Waals surface area contributed by atoms with Gasteiger partial charge in [-0.05, 0) is 38.3 Å². The van der Waals surface area contributed by atoms with Crippen LogP contribution in [-0.2, 0) is 6.54 Å². The highest BCUT2D eigenvalue weighted by Gasteiger charge is 2.15. The molecule has 2 rings (SSSR count). The molecule has 0 spiro atoms. The summed E-state index contributed by atoms with van der Waals surface area (Å²) < 4.78 is 0. The number of aromatic nitrogens is 1. The van der Waals surface area contributed by atoms with Crippen molar-refractivity contribution in [2.45, 2.75) is 52.1 Å². The first-order chi connectivity index (χ1) is 10.8. The lowest BCUT2D eigenvalue weighted by atomic mass is 10.2. The predicted molar refractivity (Wildman–Crippen MR) is 109 cm³/mol. The predicted octanol–water partition coefficient (Wildman–Crippen LogP) is 3.15. The van der Waals surface area contributed by atoms with E-state index < -0.39 is 0 Å². The monoisotopic (exact) mass is 431 g/mol. The molecule has 1 aromatic heterocycles. The first kappa shape index (κ1) is 20.0. The van der Waals surface area contributed by atoms with Crippen LogP contribution in [0.4, 0.5) is 5.82 Å². The van der Waals surface area contributed by atoms with Crippen LogP contribution in [0.15, 0.2) is 23.3 Å². The van der Waals surface area contributed by atoms with E-state index in [0.29, 0.717) is 6.04 Å². The molecule has 1 aromatic rings. The largest absolute Gasteiger partial charge is 0.357 e. The minimum atomic E-state index is 0. The Kier molecular flexibility index (Phi) is 9.28. The van der Waals surface area contributed by atoms with Gasteiger partial charge in [-0.15, -0.1) is 24.0 Å². The zero-order valence-electron chi connectivity index (χ0n) is 14.5. The molecule has 1 saturated carbocycles. The molecule has 0 saturated heterocycles. The second-order valence-corrected chi connectivity index (χ2v) is 5.75. The minimum Gasteiger partial charge on any atom is -0.357 e. The molecule has 5 nitrogen and oxygen atoms in total. The Hall–Kier alpha value is -1.05. The van der Waals surface area contributed by atoms with Crippen LogP contribution in [-0.4, -0.2) is 37.1 Å². The van der Waals surface area contributed by atoms with Crippen molar-refractivity contribution >= 4 is 35.8 Å². The van der Waals surface area contributed by atoms with Gasteiger partial charge in [-0.2, -0.15) is 0 Å². The first-order valence-electron chi connectivity index (χ1n) is 8.43. The van der Waals surface area contributed by atoms with Crippen molar-refractivity contribution < 1.29 is 0 Å². The molecular weight excluding hydrogens is 401 g/mol. The molecular formula is C17H30IN5. The Balaban J connectivity index is 0.00000264. The molecule has 0 atom stereocenters. The van der Waals surface area contributed by atoms with E-state index in [2.05, 4.69) is 51.5 Å². The summed E-state index contributed by atoms with van der Waals surface area (Å²) in [6.45, 7) is 7.02. The van der Waals surface area contributed by atoms with Crippen molar-refractivity contribution in [2.24, 2.45) is 4.99 Å². The number of nitrogens with zero attached hydrogens (tertiary/aromatic N) is 3. The molecule has 23 heavy (non-hydrogen) atoms. The quantitative estimate of drug-likeness (QED) is 0.413. The van der Waals surface area contributed by atoms with E-state index in [-0.39, 0.29) is 24.0 Å². The molecule has 1 aliphatic rings. The molecule has 1 aliphatic carbocycles. The number of rotatable bonds is 6. The zero-order valence-corrected chi connectivity index (χ0v) is 16.8. The summed E-state index contributed by atoms with van der Waals surface area (Å²) in [6, 6.07) is 4.81. The fourth-order valence-electron chi connectivity index (χ4n) is 2.90. The van der Waals surface area contributed by atoms with Crippen molar-refractivity contribution in [3.8, 4) is 0 Å². The SMILES string of the molecule is CCN(CC)c1ccc(CNC(=NC)NC2CCCC2)cn1.I. The summed E-state index contributed by atoms with van der Waals surface area (Å²) in [7, 11) is 1.83. The highest BCUT2D eigenvalue weighted by Crippen LogP contribution is 2.17. The molecule has 0 aliphatic heterocycles. The van der Waals surface area contributed by atoms with Gasteiger partial charge in [-0.1, -0.05) is 18.9 Å². The Labute approximate surface area is 157 Å². The van der Waals surface area contributed by atoms with Crippen molar-refractivity contribution in [1.82, 2.24) is 15.6 Å². The van der Waals surface area contributed by atoms with Crippen LogP contribution >= 0.6 is 24.0 Å². The average Bonchev–Trinajstić information content (AvgIpc) is 3.07. The standard InChI is InChI=1S/C17H29N5.HI/c1-4-22(5-2)16-11-10-14(12-19-16)13-20-17(18-3)21-15-8-6-7-9-15;/h10-12,15H,4-9,13H2,1-3H3,(H2,18,20,21);1H. The molecule has 0 amide bonds. The van der Waals surface area contributed by atoms with E-state index >= 15 is 0 Å². The highest BCUT2D eigenvalue weighted by molar-refractivity contribution is 14.0. The number of anilines is 1. The Morgan fingerprint density at radius 3 is 2.48 bits per heavy atom. The van der Waals surface area contributed by atoms with Gasteiger partial charge in [0.05, 0.1) is 0 Å². The summed E-state index contributed by atoms with van der Waals surface area (Å²) in [4.78, 5) is 11.1. The van der Waals surface area contributed by atoms with Crippen LogP contribution in [0.2, 0.25) is 0 Å². The van der Waals surface area contributed by atoms with Crippen LogP contribution < -0.4 is 15.5 Å². The summed E-state index contributed by atoms with van der Waals surface area (Å²) in [5.41, 5.74) is 1.17. The fraction of sp³-hybridized carbons (Fsp3) is 0.647. The second kappa shape index (κ2) is 10.7. The van der Waals surface area contributed by atoms with Crippen LogP contribution in [0.5, 0.6) is 0 Å². The van der Waals surface area contributed by atoms with Gasteiger partial charge in [-0.25, -0.2) is 4.98 Å². The fourth-order valence-corrected chi connectivity index (χ4v) is 2.90. The molecule has 1 heterocycles. The number of hydrogen-bond donors (Lipinski definition) is 2. The molecule has 6 heteroatoms. The van der Waals surface area contributed by atoms with Crippen LogP contribution in [0.3, 0.4) is 0 Å². The van der Waals surface area contributed by atoms with Gasteiger partial charge in [-0.3, -0.25) is 4.99 Å². The number of aliphatic imine (C=N–C) groups is 1. The zero-order chi connectivity index (χ0) is 15.8. The number of halogens is 1. The maximum atomic E-state index is 4.55. The van der Waals surface area contributed by atoms with Gasteiger partial charge in [0.15, 0.2) is 5.96 Å². The third-order valence-corrected chi connectivity index (χ3v) is 4.28. The normalized spacial score (nSPS) is 15.2. The smallest absolute Gasteiger partial charge is 0.191 e. The summed E-state index contributed by atoms with van der Waals surface area (Å²) in [5, 5.41) is 6.87. The van der Waals surface area contributed by atoms with E-state index in [1.807, 2.05) is 13.2 Å².